The van der Waals surface area contributed by atoms with E-state index in [1.54, 1.807) is 6.07 Å². The summed E-state index contributed by atoms with van der Waals surface area (Å²) in [7, 11) is 0. The molecular weight excluding hydrogens is 400 g/mol. The molecule has 4 rings (SSSR count). The monoisotopic (exact) mass is 422 g/mol. The average molecular weight is 423 g/mol. The van der Waals surface area contributed by atoms with Gasteiger partial charge in [0.1, 0.15) is 10.6 Å². The smallest absolute Gasteiger partial charge is 0.262 e. The molecule has 154 valence electrons. The van der Waals surface area contributed by atoms with E-state index < -0.39 is 0 Å². The van der Waals surface area contributed by atoms with Gasteiger partial charge in [-0.15, -0.1) is 11.3 Å². The molecule has 8 heteroatoms. The van der Waals surface area contributed by atoms with Crippen LogP contribution in [0.5, 0.6) is 0 Å². The molecule has 0 aliphatic heterocycles. The van der Waals surface area contributed by atoms with Crippen LogP contribution in [-0.2, 0) is 11.3 Å². The van der Waals surface area contributed by atoms with E-state index in [9.17, 15) is 9.59 Å². The molecule has 3 aromatic heterocycles. The lowest BCUT2D eigenvalue weighted by Gasteiger charge is -2.08. The first kappa shape index (κ1) is 20.0. The Bertz CT molecular complexity index is 1300. The number of hydrogen-bond acceptors (Lipinski definition) is 6. The summed E-state index contributed by atoms with van der Waals surface area (Å²) >= 11 is 1.51. The van der Waals surface area contributed by atoms with E-state index in [0.717, 1.165) is 32.3 Å². The first-order valence-electron chi connectivity index (χ1n) is 9.63. The molecule has 0 bridgehead atoms. The SMILES string of the molecule is Cc1nc(-c2cccc(NC(=O)CCn3cnc4sc(C)c(C)c4c3=O)c2)oc1C. The van der Waals surface area contributed by atoms with Gasteiger partial charge in [-0.3, -0.25) is 14.2 Å². The number of fused-ring (bicyclic) bond motifs is 1. The van der Waals surface area contributed by atoms with Crippen molar-refractivity contribution in [2.45, 2.75) is 40.7 Å². The van der Waals surface area contributed by atoms with Crippen molar-refractivity contribution < 1.29 is 9.21 Å². The molecule has 0 aliphatic carbocycles. The third-order valence-corrected chi connectivity index (χ3v) is 6.27. The second-order valence-corrected chi connectivity index (χ2v) is 8.45. The zero-order valence-electron chi connectivity index (χ0n) is 17.3. The second kappa shape index (κ2) is 7.87. The zero-order chi connectivity index (χ0) is 21.4. The van der Waals surface area contributed by atoms with Gasteiger partial charge >= 0.3 is 0 Å². The van der Waals surface area contributed by atoms with Crippen LogP contribution < -0.4 is 10.9 Å². The van der Waals surface area contributed by atoms with Crippen molar-refractivity contribution in [1.82, 2.24) is 14.5 Å². The van der Waals surface area contributed by atoms with Gasteiger partial charge in [-0.05, 0) is 51.5 Å². The third kappa shape index (κ3) is 3.78. The summed E-state index contributed by atoms with van der Waals surface area (Å²) in [6, 6.07) is 7.34. The first-order valence-corrected chi connectivity index (χ1v) is 10.4. The molecule has 0 radical (unpaired) electrons. The number of aryl methyl sites for hydroxylation is 5. The molecule has 0 unspecified atom stereocenters. The van der Waals surface area contributed by atoms with Crippen molar-refractivity contribution in [1.29, 1.82) is 0 Å². The quantitative estimate of drug-likeness (QED) is 0.516. The van der Waals surface area contributed by atoms with E-state index in [1.165, 1.54) is 22.2 Å². The maximum atomic E-state index is 12.7. The summed E-state index contributed by atoms with van der Waals surface area (Å²) in [4.78, 5) is 35.8. The highest BCUT2D eigenvalue weighted by atomic mass is 32.1. The van der Waals surface area contributed by atoms with E-state index in [-0.39, 0.29) is 24.4 Å². The number of oxazole rings is 1. The first-order chi connectivity index (χ1) is 14.3. The van der Waals surface area contributed by atoms with Crippen LogP contribution in [0, 0.1) is 27.7 Å². The highest BCUT2D eigenvalue weighted by Crippen LogP contribution is 2.26. The number of carbonyl (C=O) groups is 1. The molecule has 7 nitrogen and oxygen atoms in total. The molecule has 3 heterocycles. The number of nitrogens with zero attached hydrogens (tertiary/aromatic N) is 3. The molecule has 0 spiro atoms. The van der Waals surface area contributed by atoms with Crippen LogP contribution in [0.3, 0.4) is 0 Å². The van der Waals surface area contributed by atoms with Crippen LogP contribution in [0.1, 0.15) is 28.3 Å². The van der Waals surface area contributed by atoms with Crippen molar-refractivity contribution in [2.75, 3.05) is 5.32 Å². The van der Waals surface area contributed by atoms with Crippen molar-refractivity contribution in [3.63, 3.8) is 0 Å². The number of aromatic nitrogens is 3. The second-order valence-electron chi connectivity index (χ2n) is 7.25. The van der Waals surface area contributed by atoms with E-state index in [0.29, 0.717) is 17.0 Å². The maximum Gasteiger partial charge on any atom is 0.262 e. The van der Waals surface area contributed by atoms with Gasteiger partial charge in [-0.2, -0.15) is 0 Å². The molecule has 0 saturated carbocycles. The number of rotatable bonds is 5. The molecular formula is C22H22N4O3S. The van der Waals surface area contributed by atoms with Crippen LogP contribution >= 0.6 is 11.3 Å². The summed E-state index contributed by atoms with van der Waals surface area (Å²) in [6.07, 6.45) is 1.68. The Morgan fingerprint density at radius 2 is 2.03 bits per heavy atom. The summed E-state index contributed by atoms with van der Waals surface area (Å²) in [5.74, 6) is 1.11. The maximum absolute atomic E-state index is 12.7. The van der Waals surface area contributed by atoms with Gasteiger partial charge in [0, 0.05) is 29.1 Å². The molecule has 0 atom stereocenters. The fourth-order valence-corrected chi connectivity index (χ4v) is 4.19. The Morgan fingerprint density at radius 3 is 2.77 bits per heavy atom. The van der Waals surface area contributed by atoms with Crippen LogP contribution in [0.15, 0.2) is 39.8 Å². The summed E-state index contributed by atoms with van der Waals surface area (Å²) in [6.45, 7) is 7.93. The van der Waals surface area contributed by atoms with Gasteiger partial charge in [0.15, 0.2) is 0 Å². The zero-order valence-corrected chi connectivity index (χ0v) is 18.1. The number of carbonyl (C=O) groups excluding carboxylic acids is 1. The van der Waals surface area contributed by atoms with Crippen LogP contribution in [-0.4, -0.2) is 20.4 Å². The minimum Gasteiger partial charge on any atom is -0.441 e. The normalized spacial score (nSPS) is 11.2. The van der Waals surface area contributed by atoms with Gasteiger partial charge in [0.2, 0.25) is 11.8 Å². The lowest BCUT2D eigenvalue weighted by atomic mass is 10.2. The molecule has 1 amide bonds. The number of anilines is 1. The van der Waals surface area contributed by atoms with Gasteiger partial charge < -0.3 is 9.73 Å². The van der Waals surface area contributed by atoms with Crippen molar-refractivity contribution in [2.24, 2.45) is 0 Å². The summed E-state index contributed by atoms with van der Waals surface area (Å²) in [5.41, 5.74) is 3.13. The average Bonchev–Trinajstić information content (AvgIpc) is 3.20. The molecule has 30 heavy (non-hydrogen) atoms. The lowest BCUT2D eigenvalue weighted by molar-refractivity contribution is -0.116. The van der Waals surface area contributed by atoms with Crippen LogP contribution in [0.25, 0.3) is 21.7 Å². The van der Waals surface area contributed by atoms with Crippen molar-refractivity contribution >= 4 is 33.1 Å². The van der Waals surface area contributed by atoms with Gasteiger partial charge in [-0.1, -0.05) is 6.07 Å². The number of thiophene rings is 1. The number of amides is 1. The standard InChI is InChI=1S/C22H22N4O3S/c1-12-15(4)30-21-19(12)22(28)26(11-23-21)9-8-18(27)25-17-7-5-6-16(10-17)20-24-13(2)14(3)29-20/h5-7,10-11H,8-9H2,1-4H3,(H,25,27). The number of hydrogen-bond donors (Lipinski definition) is 1. The largest absolute Gasteiger partial charge is 0.441 e. The summed E-state index contributed by atoms with van der Waals surface area (Å²) < 4.78 is 7.15. The lowest BCUT2D eigenvalue weighted by Crippen LogP contribution is -2.23. The van der Waals surface area contributed by atoms with E-state index >= 15 is 0 Å². The molecule has 1 N–H and O–H groups in total. The Hall–Kier alpha value is -3.26. The van der Waals surface area contributed by atoms with Crippen molar-refractivity contribution in [3.8, 4) is 11.5 Å². The van der Waals surface area contributed by atoms with E-state index in [2.05, 4.69) is 15.3 Å². The van der Waals surface area contributed by atoms with Gasteiger partial charge in [-0.25, -0.2) is 9.97 Å². The number of nitrogens with one attached hydrogen (secondary N) is 1. The molecule has 0 aliphatic rings. The third-order valence-electron chi connectivity index (χ3n) is 5.16. The summed E-state index contributed by atoms with van der Waals surface area (Å²) in [5, 5.41) is 3.52. The minimum atomic E-state index is -0.183. The molecule has 4 aromatic rings. The minimum absolute atomic E-state index is 0.105. The highest BCUT2D eigenvalue weighted by Gasteiger charge is 2.13. The Morgan fingerprint density at radius 1 is 1.23 bits per heavy atom. The number of benzene rings is 1. The van der Waals surface area contributed by atoms with Crippen LogP contribution in [0.2, 0.25) is 0 Å². The predicted octanol–water partition coefficient (Wildman–Crippen LogP) is 4.38. The Labute approximate surface area is 177 Å². The highest BCUT2D eigenvalue weighted by molar-refractivity contribution is 7.18. The Balaban J connectivity index is 1.46. The van der Waals surface area contributed by atoms with Crippen molar-refractivity contribution in [3.05, 3.63) is 62.8 Å². The Kier molecular flexibility index (Phi) is 5.26. The topological polar surface area (TPSA) is 90.0 Å². The fraction of sp³-hybridized carbons (Fsp3) is 0.273. The molecule has 1 aromatic carbocycles. The van der Waals surface area contributed by atoms with Crippen LogP contribution in [0.4, 0.5) is 5.69 Å². The predicted molar refractivity (Wildman–Crippen MR) is 118 cm³/mol. The van der Waals surface area contributed by atoms with E-state index in [1.807, 2.05) is 45.9 Å². The van der Waals surface area contributed by atoms with Gasteiger partial charge in [0.25, 0.3) is 5.56 Å². The van der Waals surface area contributed by atoms with Gasteiger partial charge in [0.05, 0.1) is 17.4 Å². The fourth-order valence-electron chi connectivity index (χ4n) is 3.20. The molecule has 0 fully saturated rings. The van der Waals surface area contributed by atoms with E-state index in [4.69, 9.17) is 4.42 Å². The molecule has 0 saturated heterocycles.